The first-order chi connectivity index (χ1) is 19.3. The lowest BCUT2D eigenvalue weighted by atomic mass is 9.92. The number of halogens is 3. The molecule has 0 saturated carbocycles. The van der Waals surface area contributed by atoms with Crippen molar-refractivity contribution in [3.8, 4) is 10.6 Å². The Kier molecular flexibility index (Phi) is 6.62. The summed E-state index contributed by atoms with van der Waals surface area (Å²) in [4.78, 5) is 14.1. The number of carbonyl (C=O) groups excluding carboxylic acids is 1. The van der Waals surface area contributed by atoms with E-state index in [1.165, 1.54) is 26.2 Å². The first-order valence-electron chi connectivity index (χ1n) is 13.0. The second-order valence-electron chi connectivity index (χ2n) is 10.0. The Labute approximate surface area is 232 Å². The number of rotatable bonds is 6. The average Bonchev–Trinajstić information content (AvgIpc) is 3.54. The molecule has 1 aromatic heterocycles. The average molecular weight is 560 g/mol. The molecule has 1 aliphatic rings. The molecule has 1 heterocycles. The van der Waals surface area contributed by atoms with Crippen LogP contribution in [0.3, 0.4) is 0 Å². The Balaban J connectivity index is 1.27. The molecule has 40 heavy (non-hydrogen) atoms. The maximum atomic E-state index is 14.6. The maximum absolute atomic E-state index is 14.6. The molecule has 3 nitrogen and oxygen atoms in total. The fourth-order valence-electron chi connectivity index (χ4n) is 5.60. The maximum Gasteiger partial charge on any atom is 0.345 e. The molecule has 0 radical (unpaired) electrons. The Morgan fingerprint density at radius 1 is 0.875 bits per heavy atom. The highest BCUT2D eigenvalue weighted by atomic mass is 32.2. The van der Waals surface area contributed by atoms with Crippen molar-refractivity contribution in [1.82, 2.24) is 0 Å². The van der Waals surface area contributed by atoms with Gasteiger partial charge in [0.2, 0.25) is 0 Å². The standard InChI is InChI=1S/C33H26F3O3S/c1-20-17-22(40-27-11-5-3-9-23(27)24-10-4-6-12-28(24)40)18-21(2)32(20)38-19-29(37)39-33(15-7-8-16-33)25-13-14-26(34)31(36)30(25)35/h3-7,9-15,17-18H,8,16,19H2,1-2H3/q+1. The molecular formula is C33H26F3O3S+. The number of allylic oxidation sites excluding steroid dienone is 1. The molecule has 4 aromatic carbocycles. The third-order valence-corrected chi connectivity index (χ3v) is 9.66. The van der Waals surface area contributed by atoms with Crippen LogP contribution in [-0.2, 0) is 15.1 Å². The van der Waals surface area contributed by atoms with Crippen LogP contribution in [0.1, 0.15) is 29.5 Å². The predicted octanol–water partition coefficient (Wildman–Crippen LogP) is 8.93. The lowest BCUT2D eigenvalue weighted by molar-refractivity contribution is -0.158. The SMILES string of the molecule is Cc1cc(-[s+]2c3ccccc3c3ccccc32)cc(C)c1OCC(=O)OC1(c2ccc(F)c(F)c2F)C=CCC1. The van der Waals surface area contributed by atoms with Gasteiger partial charge in [-0.2, -0.15) is 0 Å². The molecule has 0 fully saturated rings. The van der Waals surface area contributed by atoms with Crippen molar-refractivity contribution in [3.63, 3.8) is 0 Å². The van der Waals surface area contributed by atoms with Crippen molar-refractivity contribution in [1.29, 1.82) is 0 Å². The van der Waals surface area contributed by atoms with Gasteiger partial charge in [-0.15, -0.1) is 0 Å². The minimum atomic E-state index is -1.59. The van der Waals surface area contributed by atoms with Gasteiger partial charge in [-0.25, -0.2) is 18.0 Å². The van der Waals surface area contributed by atoms with E-state index in [1.54, 1.807) is 6.08 Å². The van der Waals surface area contributed by atoms with Gasteiger partial charge in [0.1, 0.15) is 5.75 Å². The van der Waals surface area contributed by atoms with Crippen LogP contribution in [0.2, 0.25) is 0 Å². The van der Waals surface area contributed by atoms with Crippen molar-refractivity contribution >= 4 is 36.6 Å². The molecule has 7 heteroatoms. The molecule has 0 spiro atoms. The van der Waals surface area contributed by atoms with Gasteiger partial charge in [0.15, 0.2) is 44.0 Å². The zero-order chi connectivity index (χ0) is 28.0. The van der Waals surface area contributed by atoms with Crippen LogP contribution in [0.25, 0.3) is 25.1 Å². The molecule has 6 rings (SSSR count). The lowest BCUT2D eigenvalue weighted by Crippen LogP contribution is -2.32. The molecule has 0 amide bonds. The summed E-state index contributed by atoms with van der Waals surface area (Å²) in [5, 5.41) is 2.49. The summed E-state index contributed by atoms with van der Waals surface area (Å²) in [5.74, 6) is -4.42. The highest BCUT2D eigenvalue weighted by Crippen LogP contribution is 2.49. The van der Waals surface area contributed by atoms with Gasteiger partial charge in [-0.1, -0.05) is 30.3 Å². The zero-order valence-electron chi connectivity index (χ0n) is 22.0. The lowest BCUT2D eigenvalue weighted by Gasteiger charge is -2.28. The molecule has 0 bridgehead atoms. The van der Waals surface area contributed by atoms with Crippen molar-refractivity contribution < 1.29 is 27.4 Å². The van der Waals surface area contributed by atoms with E-state index in [0.29, 0.717) is 12.2 Å². The first kappa shape index (κ1) is 26.1. The highest BCUT2D eigenvalue weighted by molar-refractivity contribution is 7.50. The highest BCUT2D eigenvalue weighted by Gasteiger charge is 2.40. The van der Waals surface area contributed by atoms with Crippen LogP contribution in [0.5, 0.6) is 5.75 Å². The van der Waals surface area contributed by atoms with E-state index in [-0.39, 0.29) is 22.5 Å². The molecule has 0 saturated heterocycles. The third-order valence-electron chi connectivity index (χ3n) is 7.36. The quantitative estimate of drug-likeness (QED) is 0.0902. The Bertz CT molecular complexity index is 1750. The number of hydrogen-bond donors (Lipinski definition) is 0. The van der Waals surface area contributed by atoms with E-state index in [2.05, 4.69) is 60.7 Å². The van der Waals surface area contributed by atoms with E-state index in [0.717, 1.165) is 28.2 Å². The largest absolute Gasteiger partial charge is 0.481 e. The van der Waals surface area contributed by atoms with Crippen molar-refractivity contribution in [2.75, 3.05) is 6.61 Å². The molecule has 0 N–H and O–H groups in total. The van der Waals surface area contributed by atoms with Crippen molar-refractivity contribution in [2.24, 2.45) is 0 Å². The fourth-order valence-corrected chi connectivity index (χ4v) is 8.16. The number of fused-ring (bicyclic) bond motifs is 3. The molecular weight excluding hydrogens is 533 g/mol. The van der Waals surface area contributed by atoms with Gasteiger partial charge >= 0.3 is 5.97 Å². The van der Waals surface area contributed by atoms with E-state index < -0.39 is 35.6 Å². The summed E-state index contributed by atoms with van der Waals surface area (Å²) in [6, 6.07) is 23.0. The first-order valence-corrected chi connectivity index (χ1v) is 14.2. The van der Waals surface area contributed by atoms with Crippen LogP contribution >= 0.6 is 10.5 Å². The fraction of sp³-hybridized carbons (Fsp3) is 0.182. The van der Waals surface area contributed by atoms with Gasteiger partial charge in [-0.05, 0) is 80.3 Å². The molecule has 202 valence electrons. The second-order valence-corrected chi connectivity index (χ2v) is 12.0. The van der Waals surface area contributed by atoms with Crippen LogP contribution in [0.4, 0.5) is 13.2 Å². The van der Waals surface area contributed by atoms with Gasteiger partial charge in [0, 0.05) is 38.9 Å². The molecule has 0 aliphatic heterocycles. The Morgan fingerprint density at radius 3 is 2.10 bits per heavy atom. The summed E-state index contributed by atoms with van der Waals surface area (Å²) in [6.07, 6.45) is 3.96. The van der Waals surface area contributed by atoms with Gasteiger partial charge in [-0.3, -0.25) is 0 Å². The Morgan fingerprint density at radius 2 is 1.50 bits per heavy atom. The van der Waals surface area contributed by atoms with E-state index >= 15 is 0 Å². The minimum absolute atomic E-state index is 0.219. The summed E-state index contributed by atoms with van der Waals surface area (Å²) < 4.78 is 56.3. The zero-order valence-corrected chi connectivity index (χ0v) is 22.8. The van der Waals surface area contributed by atoms with E-state index in [9.17, 15) is 18.0 Å². The number of benzene rings is 4. The minimum Gasteiger partial charge on any atom is -0.481 e. The van der Waals surface area contributed by atoms with Crippen molar-refractivity contribution in [3.05, 3.63) is 119 Å². The smallest absolute Gasteiger partial charge is 0.345 e. The summed E-state index contributed by atoms with van der Waals surface area (Å²) >= 11 is 0. The number of ether oxygens (including phenoxy) is 2. The van der Waals surface area contributed by atoms with Crippen LogP contribution in [0, 0.1) is 31.3 Å². The van der Waals surface area contributed by atoms with E-state index in [1.807, 2.05) is 13.8 Å². The van der Waals surface area contributed by atoms with Crippen LogP contribution in [0.15, 0.2) is 84.9 Å². The summed E-state index contributed by atoms with van der Waals surface area (Å²) in [6.45, 7) is 3.46. The topological polar surface area (TPSA) is 35.5 Å². The van der Waals surface area contributed by atoms with Gasteiger partial charge in [0.25, 0.3) is 0 Å². The van der Waals surface area contributed by atoms with Crippen LogP contribution in [-0.4, -0.2) is 12.6 Å². The van der Waals surface area contributed by atoms with Crippen molar-refractivity contribution in [2.45, 2.75) is 32.3 Å². The number of esters is 1. The van der Waals surface area contributed by atoms with Gasteiger partial charge in [0.05, 0.1) is 0 Å². The number of thiophene rings is 1. The molecule has 1 aliphatic carbocycles. The molecule has 1 atom stereocenters. The monoisotopic (exact) mass is 559 g/mol. The summed E-state index contributed by atoms with van der Waals surface area (Å²) in [7, 11) is -0.266. The van der Waals surface area contributed by atoms with Gasteiger partial charge < -0.3 is 9.47 Å². The number of aryl methyl sites for hydroxylation is 2. The second kappa shape index (κ2) is 10.1. The van der Waals surface area contributed by atoms with E-state index in [4.69, 9.17) is 9.47 Å². The predicted molar refractivity (Wildman–Crippen MR) is 153 cm³/mol. The Hall–Kier alpha value is -4.10. The normalized spacial score (nSPS) is 16.6. The molecule has 1 unspecified atom stereocenters. The molecule has 5 aromatic rings. The third kappa shape index (κ3) is 4.34. The summed E-state index contributed by atoms with van der Waals surface area (Å²) in [5.41, 5.74) is 0.0131. The number of hydrogen-bond acceptors (Lipinski definition) is 3. The number of carbonyl (C=O) groups is 1. The van der Waals surface area contributed by atoms with Crippen LogP contribution < -0.4 is 4.74 Å².